The summed E-state index contributed by atoms with van der Waals surface area (Å²) in [6, 6.07) is 10.2. The van der Waals surface area contributed by atoms with E-state index >= 15 is 0 Å². The minimum Gasteiger partial charge on any atom is -0.338 e. The molecule has 108 valence electrons. The molecule has 1 aromatic carbocycles. The van der Waals surface area contributed by atoms with Crippen molar-refractivity contribution in [2.45, 2.75) is 41.9 Å². The van der Waals surface area contributed by atoms with E-state index in [1.165, 1.54) is 4.90 Å². The number of hydrogen-bond acceptors (Lipinski definition) is 5. The van der Waals surface area contributed by atoms with E-state index in [4.69, 9.17) is 10.3 Å². The summed E-state index contributed by atoms with van der Waals surface area (Å²) in [5, 5.41) is 4.18. The topological polar surface area (TPSA) is 64.9 Å². The highest BCUT2D eigenvalue weighted by atomic mass is 35.5. The number of hydrogen-bond donors (Lipinski definition) is 1. The predicted molar refractivity (Wildman–Crippen MR) is 82.0 cm³/mol. The quantitative estimate of drug-likeness (QED) is 0.872. The standard InChI is InChI=1S/C14H17N3OS.ClH/c1-10(19-11-6-3-2-4-7-11)12-16-13(17-18-12)14(15)8-5-9-14;/h2-4,6-7,10H,5,8-9,15H2,1H3;1H. The van der Waals surface area contributed by atoms with E-state index in [2.05, 4.69) is 29.2 Å². The third-order valence-corrected chi connectivity index (χ3v) is 4.64. The van der Waals surface area contributed by atoms with Gasteiger partial charge in [0.1, 0.15) is 0 Å². The zero-order valence-corrected chi connectivity index (χ0v) is 12.9. The van der Waals surface area contributed by atoms with Gasteiger partial charge in [-0.25, -0.2) is 0 Å². The molecular weight excluding hydrogens is 294 g/mol. The van der Waals surface area contributed by atoms with E-state index in [0.717, 1.165) is 19.3 Å². The van der Waals surface area contributed by atoms with Crippen LogP contribution in [0.15, 0.2) is 39.8 Å². The minimum absolute atomic E-state index is 0. The van der Waals surface area contributed by atoms with Crippen molar-refractivity contribution in [1.82, 2.24) is 10.1 Å². The predicted octanol–water partition coefficient (Wildman–Crippen LogP) is 3.68. The molecule has 0 aliphatic heterocycles. The highest BCUT2D eigenvalue weighted by molar-refractivity contribution is 7.99. The Morgan fingerprint density at radius 3 is 2.60 bits per heavy atom. The van der Waals surface area contributed by atoms with Gasteiger partial charge in [0.15, 0.2) is 5.82 Å². The van der Waals surface area contributed by atoms with Crippen LogP contribution in [-0.2, 0) is 5.54 Å². The van der Waals surface area contributed by atoms with Crippen molar-refractivity contribution in [1.29, 1.82) is 0 Å². The number of halogens is 1. The van der Waals surface area contributed by atoms with Crippen LogP contribution in [0.3, 0.4) is 0 Å². The molecule has 3 rings (SSSR count). The summed E-state index contributed by atoms with van der Waals surface area (Å²) in [6.07, 6.45) is 3.05. The van der Waals surface area contributed by atoms with Gasteiger partial charge in [0, 0.05) is 4.90 Å². The van der Waals surface area contributed by atoms with Gasteiger partial charge in [-0.05, 0) is 38.3 Å². The van der Waals surface area contributed by atoms with Crippen molar-refractivity contribution in [3.8, 4) is 0 Å². The fourth-order valence-electron chi connectivity index (χ4n) is 2.14. The summed E-state index contributed by atoms with van der Waals surface area (Å²) in [5.74, 6) is 1.31. The summed E-state index contributed by atoms with van der Waals surface area (Å²) in [4.78, 5) is 5.67. The van der Waals surface area contributed by atoms with Gasteiger partial charge in [-0.2, -0.15) is 4.98 Å². The lowest BCUT2D eigenvalue weighted by atomic mass is 9.77. The fraction of sp³-hybridized carbons (Fsp3) is 0.429. The van der Waals surface area contributed by atoms with Crippen molar-refractivity contribution in [2.75, 3.05) is 0 Å². The maximum atomic E-state index is 6.20. The molecule has 0 radical (unpaired) electrons. The van der Waals surface area contributed by atoms with Gasteiger partial charge in [0.05, 0.1) is 10.8 Å². The number of benzene rings is 1. The van der Waals surface area contributed by atoms with Crippen LogP contribution < -0.4 is 5.73 Å². The number of nitrogens with zero attached hydrogens (tertiary/aromatic N) is 2. The van der Waals surface area contributed by atoms with Crippen molar-refractivity contribution in [2.24, 2.45) is 5.73 Å². The zero-order valence-electron chi connectivity index (χ0n) is 11.3. The van der Waals surface area contributed by atoms with Gasteiger partial charge in [-0.3, -0.25) is 0 Å². The van der Waals surface area contributed by atoms with Crippen molar-refractivity contribution >= 4 is 24.2 Å². The largest absolute Gasteiger partial charge is 0.338 e. The average molecular weight is 312 g/mol. The highest BCUT2D eigenvalue weighted by Gasteiger charge is 2.39. The maximum absolute atomic E-state index is 6.20. The van der Waals surface area contributed by atoms with Crippen molar-refractivity contribution in [3.63, 3.8) is 0 Å². The number of thioether (sulfide) groups is 1. The molecule has 0 amide bonds. The summed E-state index contributed by atoms with van der Waals surface area (Å²) < 4.78 is 5.36. The molecule has 1 atom stereocenters. The summed E-state index contributed by atoms with van der Waals surface area (Å²) in [7, 11) is 0. The SMILES string of the molecule is CC(Sc1ccccc1)c1nc(C2(N)CCC2)no1.Cl. The van der Waals surface area contributed by atoms with Crippen LogP contribution in [-0.4, -0.2) is 10.1 Å². The van der Waals surface area contributed by atoms with Gasteiger partial charge in [0.25, 0.3) is 0 Å². The fourth-order valence-corrected chi connectivity index (χ4v) is 3.06. The summed E-state index contributed by atoms with van der Waals surface area (Å²) in [5.41, 5.74) is 5.85. The second kappa shape index (κ2) is 6.16. The van der Waals surface area contributed by atoms with Crippen LogP contribution in [0, 0.1) is 0 Å². The molecule has 1 heterocycles. The average Bonchev–Trinajstić information content (AvgIpc) is 2.87. The van der Waals surface area contributed by atoms with Crippen molar-refractivity contribution < 1.29 is 4.52 Å². The highest BCUT2D eigenvalue weighted by Crippen LogP contribution is 2.39. The van der Waals surface area contributed by atoms with E-state index in [1.807, 2.05) is 18.2 Å². The lowest BCUT2D eigenvalue weighted by Gasteiger charge is -2.34. The molecule has 1 fully saturated rings. The third-order valence-electron chi connectivity index (χ3n) is 3.54. The molecule has 20 heavy (non-hydrogen) atoms. The number of aromatic nitrogens is 2. The van der Waals surface area contributed by atoms with Crippen LogP contribution in [0.2, 0.25) is 0 Å². The molecule has 0 saturated heterocycles. The first-order valence-electron chi connectivity index (χ1n) is 6.52. The first-order chi connectivity index (χ1) is 9.17. The van der Waals surface area contributed by atoms with Gasteiger partial charge in [-0.15, -0.1) is 24.2 Å². The van der Waals surface area contributed by atoms with Crippen LogP contribution in [0.5, 0.6) is 0 Å². The van der Waals surface area contributed by atoms with E-state index in [1.54, 1.807) is 11.8 Å². The van der Waals surface area contributed by atoms with E-state index < -0.39 is 0 Å². The molecule has 1 aliphatic carbocycles. The Bertz CT molecular complexity index is 557. The molecule has 1 aliphatic rings. The molecule has 0 bridgehead atoms. The molecule has 1 aromatic heterocycles. The second-order valence-electron chi connectivity index (χ2n) is 5.04. The second-order valence-corrected chi connectivity index (χ2v) is 6.45. The minimum atomic E-state index is -0.348. The zero-order chi connectivity index (χ0) is 13.3. The summed E-state index contributed by atoms with van der Waals surface area (Å²) >= 11 is 1.71. The Balaban J connectivity index is 0.00000147. The number of nitrogens with two attached hydrogens (primary N) is 1. The molecular formula is C14H18ClN3OS. The Morgan fingerprint density at radius 1 is 1.30 bits per heavy atom. The molecule has 1 unspecified atom stereocenters. The molecule has 6 heteroatoms. The number of rotatable bonds is 4. The Hall–Kier alpha value is -1.04. The maximum Gasteiger partial charge on any atom is 0.239 e. The van der Waals surface area contributed by atoms with E-state index in [9.17, 15) is 0 Å². The van der Waals surface area contributed by atoms with Crippen LogP contribution in [0.4, 0.5) is 0 Å². The van der Waals surface area contributed by atoms with Crippen LogP contribution in [0.1, 0.15) is 43.2 Å². The molecule has 4 nitrogen and oxygen atoms in total. The monoisotopic (exact) mass is 311 g/mol. The smallest absolute Gasteiger partial charge is 0.239 e. The van der Waals surface area contributed by atoms with E-state index in [-0.39, 0.29) is 23.2 Å². The normalized spacial score (nSPS) is 17.9. The Morgan fingerprint density at radius 2 is 2.00 bits per heavy atom. The lowest BCUT2D eigenvalue weighted by molar-refractivity contribution is 0.229. The Labute approximate surface area is 128 Å². The van der Waals surface area contributed by atoms with Gasteiger partial charge < -0.3 is 10.3 Å². The molecule has 0 spiro atoms. The molecule has 2 N–H and O–H groups in total. The van der Waals surface area contributed by atoms with Gasteiger partial charge in [-0.1, -0.05) is 23.4 Å². The van der Waals surface area contributed by atoms with Gasteiger partial charge >= 0.3 is 0 Å². The first kappa shape index (κ1) is 15.4. The lowest BCUT2D eigenvalue weighted by Crippen LogP contribution is -2.44. The Kier molecular flexibility index (Phi) is 4.73. The van der Waals surface area contributed by atoms with Crippen LogP contribution in [0.25, 0.3) is 0 Å². The van der Waals surface area contributed by atoms with E-state index in [0.29, 0.717) is 11.7 Å². The molecule has 2 aromatic rings. The van der Waals surface area contributed by atoms with Crippen molar-refractivity contribution in [3.05, 3.63) is 42.0 Å². The third kappa shape index (κ3) is 3.00. The first-order valence-corrected chi connectivity index (χ1v) is 7.40. The summed E-state index contributed by atoms with van der Waals surface area (Å²) in [6.45, 7) is 2.07. The van der Waals surface area contributed by atoms with Gasteiger partial charge in [0.2, 0.25) is 5.89 Å². The molecule has 1 saturated carbocycles. The van der Waals surface area contributed by atoms with Crippen LogP contribution >= 0.6 is 24.2 Å².